The minimum absolute atomic E-state index is 0.470. The predicted octanol–water partition coefficient (Wildman–Crippen LogP) is 3.42. The Balaban J connectivity index is 1.99. The fraction of sp³-hybridized carbons (Fsp3) is 1.00. The fourth-order valence-electron chi connectivity index (χ4n) is 3.84. The highest BCUT2D eigenvalue weighted by Gasteiger charge is 2.40. The molecule has 2 rings (SSSR count). The molecule has 1 heterocycles. The van der Waals surface area contributed by atoms with Crippen molar-refractivity contribution in [3.63, 3.8) is 0 Å². The summed E-state index contributed by atoms with van der Waals surface area (Å²) in [5.41, 5.74) is 0.470. The van der Waals surface area contributed by atoms with Gasteiger partial charge in [0.15, 0.2) is 0 Å². The first-order valence-corrected chi connectivity index (χ1v) is 8.16. The van der Waals surface area contributed by atoms with Gasteiger partial charge in [-0.15, -0.1) is 0 Å². The number of unbranched alkanes of at least 4 members (excludes halogenated alkanes) is 1. The summed E-state index contributed by atoms with van der Waals surface area (Å²) in [5.74, 6) is 0.773. The van der Waals surface area contributed by atoms with Crippen LogP contribution in [0.4, 0.5) is 0 Å². The molecule has 1 saturated heterocycles. The van der Waals surface area contributed by atoms with Crippen LogP contribution in [0.2, 0.25) is 0 Å². The molecule has 0 aromatic rings. The third kappa shape index (κ3) is 3.27. The SMILES string of the molecule is CCCCN1CC2(CCCCC2)NCC1C(C)C. The first-order chi connectivity index (χ1) is 8.67. The second kappa shape index (κ2) is 6.38. The maximum absolute atomic E-state index is 3.93. The van der Waals surface area contributed by atoms with Crippen molar-refractivity contribution in [1.29, 1.82) is 0 Å². The van der Waals surface area contributed by atoms with E-state index in [0.717, 1.165) is 12.0 Å². The van der Waals surface area contributed by atoms with Gasteiger partial charge in [-0.2, -0.15) is 0 Å². The van der Waals surface area contributed by atoms with Gasteiger partial charge in [-0.3, -0.25) is 4.90 Å². The molecule has 2 nitrogen and oxygen atoms in total. The normalized spacial score (nSPS) is 29.0. The van der Waals surface area contributed by atoms with Crippen LogP contribution in [0.5, 0.6) is 0 Å². The minimum Gasteiger partial charge on any atom is -0.308 e. The molecule has 0 bridgehead atoms. The highest BCUT2D eigenvalue weighted by molar-refractivity contribution is 5.00. The van der Waals surface area contributed by atoms with E-state index in [-0.39, 0.29) is 0 Å². The molecule has 2 heteroatoms. The van der Waals surface area contributed by atoms with E-state index in [2.05, 4.69) is 31.0 Å². The van der Waals surface area contributed by atoms with Crippen LogP contribution in [-0.2, 0) is 0 Å². The summed E-state index contributed by atoms with van der Waals surface area (Å²) in [6.07, 6.45) is 9.80. The van der Waals surface area contributed by atoms with E-state index < -0.39 is 0 Å². The summed E-state index contributed by atoms with van der Waals surface area (Å²) in [6.45, 7) is 10.9. The Labute approximate surface area is 114 Å². The van der Waals surface area contributed by atoms with E-state index >= 15 is 0 Å². The van der Waals surface area contributed by atoms with Crippen LogP contribution < -0.4 is 5.32 Å². The van der Waals surface area contributed by atoms with Crippen molar-refractivity contribution in [3.05, 3.63) is 0 Å². The summed E-state index contributed by atoms with van der Waals surface area (Å²) in [4.78, 5) is 2.80. The fourth-order valence-corrected chi connectivity index (χ4v) is 3.84. The van der Waals surface area contributed by atoms with E-state index in [1.807, 2.05) is 0 Å². The second-order valence-corrected chi connectivity index (χ2v) is 6.86. The van der Waals surface area contributed by atoms with Crippen molar-refractivity contribution in [1.82, 2.24) is 10.2 Å². The maximum Gasteiger partial charge on any atom is 0.0309 e. The summed E-state index contributed by atoms with van der Waals surface area (Å²) in [7, 11) is 0. The molecular formula is C16H32N2. The molecule has 18 heavy (non-hydrogen) atoms. The van der Waals surface area contributed by atoms with Crippen LogP contribution in [0.15, 0.2) is 0 Å². The van der Waals surface area contributed by atoms with Crippen LogP contribution in [0, 0.1) is 5.92 Å². The average Bonchev–Trinajstić information content (AvgIpc) is 2.37. The van der Waals surface area contributed by atoms with Crippen molar-refractivity contribution < 1.29 is 0 Å². The summed E-state index contributed by atoms with van der Waals surface area (Å²) < 4.78 is 0. The standard InChI is InChI=1S/C16H32N2/c1-4-5-11-18-13-16(9-7-6-8-10-16)17-12-15(18)14(2)3/h14-15,17H,4-13H2,1-3H3. The molecular weight excluding hydrogens is 220 g/mol. The van der Waals surface area contributed by atoms with Gasteiger partial charge in [-0.1, -0.05) is 46.5 Å². The molecule has 1 spiro atoms. The van der Waals surface area contributed by atoms with E-state index in [1.165, 1.54) is 64.6 Å². The Hall–Kier alpha value is -0.0800. The lowest BCUT2D eigenvalue weighted by molar-refractivity contribution is 0.0357. The Bertz CT molecular complexity index is 243. The van der Waals surface area contributed by atoms with Crippen molar-refractivity contribution in [2.45, 2.75) is 77.3 Å². The van der Waals surface area contributed by atoms with Gasteiger partial charge in [0, 0.05) is 24.7 Å². The number of piperazine rings is 1. The number of nitrogens with one attached hydrogen (secondary N) is 1. The first kappa shape index (κ1) is 14.3. The Morgan fingerprint density at radius 2 is 1.94 bits per heavy atom. The molecule has 0 aromatic heterocycles. The number of hydrogen-bond acceptors (Lipinski definition) is 2. The monoisotopic (exact) mass is 252 g/mol. The number of nitrogens with zero attached hydrogens (tertiary/aromatic N) is 1. The van der Waals surface area contributed by atoms with Crippen molar-refractivity contribution >= 4 is 0 Å². The highest BCUT2D eigenvalue weighted by atomic mass is 15.3. The lowest BCUT2D eigenvalue weighted by atomic mass is 9.78. The van der Waals surface area contributed by atoms with Gasteiger partial charge in [0.2, 0.25) is 0 Å². The van der Waals surface area contributed by atoms with Crippen molar-refractivity contribution in [2.75, 3.05) is 19.6 Å². The zero-order chi connectivity index (χ0) is 13.0. The number of hydrogen-bond donors (Lipinski definition) is 1. The average molecular weight is 252 g/mol. The predicted molar refractivity (Wildman–Crippen MR) is 78.9 cm³/mol. The molecule has 2 aliphatic rings. The van der Waals surface area contributed by atoms with Crippen LogP contribution >= 0.6 is 0 Å². The third-order valence-electron chi connectivity index (χ3n) is 5.04. The molecule has 0 radical (unpaired) electrons. The summed E-state index contributed by atoms with van der Waals surface area (Å²) in [6, 6.07) is 0.754. The molecule has 0 aromatic carbocycles. The Morgan fingerprint density at radius 1 is 1.22 bits per heavy atom. The van der Waals surface area contributed by atoms with Crippen molar-refractivity contribution in [3.8, 4) is 0 Å². The topological polar surface area (TPSA) is 15.3 Å². The number of rotatable bonds is 4. The highest BCUT2D eigenvalue weighted by Crippen LogP contribution is 2.33. The van der Waals surface area contributed by atoms with Crippen LogP contribution in [0.3, 0.4) is 0 Å². The second-order valence-electron chi connectivity index (χ2n) is 6.86. The molecule has 106 valence electrons. The largest absolute Gasteiger partial charge is 0.308 e. The molecule has 1 aliphatic carbocycles. The van der Waals surface area contributed by atoms with Gasteiger partial charge in [0.1, 0.15) is 0 Å². The van der Waals surface area contributed by atoms with Gasteiger partial charge in [-0.05, 0) is 31.7 Å². The zero-order valence-corrected chi connectivity index (χ0v) is 12.7. The lowest BCUT2D eigenvalue weighted by Crippen LogP contribution is -2.65. The molecule has 2 fully saturated rings. The first-order valence-electron chi connectivity index (χ1n) is 8.16. The smallest absolute Gasteiger partial charge is 0.0309 e. The Morgan fingerprint density at radius 3 is 2.56 bits per heavy atom. The molecule has 0 amide bonds. The van der Waals surface area contributed by atoms with E-state index in [4.69, 9.17) is 0 Å². The van der Waals surface area contributed by atoms with E-state index in [0.29, 0.717) is 5.54 Å². The third-order valence-corrected chi connectivity index (χ3v) is 5.04. The molecule has 1 unspecified atom stereocenters. The van der Waals surface area contributed by atoms with Gasteiger partial charge in [0.05, 0.1) is 0 Å². The van der Waals surface area contributed by atoms with Crippen molar-refractivity contribution in [2.24, 2.45) is 5.92 Å². The summed E-state index contributed by atoms with van der Waals surface area (Å²) in [5, 5.41) is 3.93. The molecule has 1 atom stereocenters. The quantitative estimate of drug-likeness (QED) is 0.825. The Kier molecular flexibility index (Phi) is 5.08. The van der Waals surface area contributed by atoms with Gasteiger partial charge >= 0.3 is 0 Å². The van der Waals surface area contributed by atoms with E-state index in [9.17, 15) is 0 Å². The van der Waals surface area contributed by atoms with Gasteiger partial charge in [0.25, 0.3) is 0 Å². The van der Waals surface area contributed by atoms with Crippen LogP contribution in [0.25, 0.3) is 0 Å². The molecule has 1 saturated carbocycles. The van der Waals surface area contributed by atoms with Gasteiger partial charge in [-0.25, -0.2) is 0 Å². The summed E-state index contributed by atoms with van der Waals surface area (Å²) >= 11 is 0. The van der Waals surface area contributed by atoms with E-state index in [1.54, 1.807) is 0 Å². The van der Waals surface area contributed by atoms with Crippen LogP contribution in [0.1, 0.15) is 65.7 Å². The molecule has 1 aliphatic heterocycles. The zero-order valence-electron chi connectivity index (χ0n) is 12.7. The minimum atomic E-state index is 0.470. The lowest BCUT2D eigenvalue weighted by Gasteiger charge is -2.51. The van der Waals surface area contributed by atoms with Crippen LogP contribution in [-0.4, -0.2) is 36.1 Å². The van der Waals surface area contributed by atoms with Gasteiger partial charge < -0.3 is 5.32 Å². The molecule has 1 N–H and O–H groups in total. The maximum atomic E-state index is 3.93.